The van der Waals surface area contributed by atoms with Crippen molar-refractivity contribution in [3.63, 3.8) is 0 Å². The maximum Gasteiger partial charge on any atom is 0.278 e. The molecule has 0 saturated heterocycles. The molecule has 0 N–H and O–H groups in total. The molecule has 0 fully saturated rings. The summed E-state index contributed by atoms with van der Waals surface area (Å²) in [4.78, 5) is 15.4. The molecule has 4 nitrogen and oxygen atoms in total. The number of hydrogen-bond donors (Lipinski definition) is 0. The highest BCUT2D eigenvalue weighted by atomic mass is 35.5. The number of carbonyl (C=O) groups is 1. The van der Waals surface area contributed by atoms with Crippen molar-refractivity contribution in [1.82, 2.24) is 5.01 Å². The van der Waals surface area contributed by atoms with Crippen LogP contribution in [-0.4, -0.2) is 23.7 Å². The zero-order valence-electron chi connectivity index (χ0n) is 15.9. The number of benzene rings is 3. The number of amides is 1. The van der Waals surface area contributed by atoms with E-state index in [-0.39, 0.29) is 12.5 Å². The molecule has 0 spiro atoms. The zero-order chi connectivity index (χ0) is 21.1. The van der Waals surface area contributed by atoms with Crippen molar-refractivity contribution >= 4 is 41.0 Å². The van der Waals surface area contributed by atoms with Gasteiger partial charge in [0.1, 0.15) is 0 Å². The molecule has 0 aliphatic carbocycles. The highest BCUT2D eigenvalue weighted by molar-refractivity contribution is 6.33. The van der Waals surface area contributed by atoms with Crippen LogP contribution in [0, 0.1) is 12.3 Å². The number of carbonyl (C=O) groups excluding carboxylic acids is 1. The van der Waals surface area contributed by atoms with Crippen LogP contribution in [0.3, 0.4) is 0 Å². The van der Waals surface area contributed by atoms with Crippen LogP contribution < -0.4 is 4.90 Å². The van der Waals surface area contributed by atoms with Gasteiger partial charge in [-0.3, -0.25) is 4.79 Å². The van der Waals surface area contributed by atoms with E-state index in [1.165, 1.54) is 5.01 Å². The molecule has 3 aromatic carbocycles. The summed E-state index contributed by atoms with van der Waals surface area (Å²) in [5, 5.41) is 7.00. The van der Waals surface area contributed by atoms with Gasteiger partial charge in [-0.1, -0.05) is 77.7 Å². The molecule has 1 aliphatic heterocycles. The Labute approximate surface area is 185 Å². The summed E-state index contributed by atoms with van der Waals surface area (Å²) < 4.78 is 0. The second-order valence-corrected chi connectivity index (χ2v) is 7.47. The maximum atomic E-state index is 13.4. The summed E-state index contributed by atoms with van der Waals surface area (Å²) in [5.41, 5.74) is 2.70. The van der Waals surface area contributed by atoms with Crippen molar-refractivity contribution in [2.75, 3.05) is 11.4 Å². The quantitative estimate of drug-likeness (QED) is 0.395. The lowest BCUT2D eigenvalue weighted by Crippen LogP contribution is -2.47. The molecule has 0 aromatic heterocycles. The Morgan fingerprint density at radius 1 is 0.967 bits per heavy atom. The van der Waals surface area contributed by atoms with Gasteiger partial charge in [-0.05, 0) is 24.3 Å². The average Bonchev–Trinajstić information content (AvgIpc) is 2.76. The molecule has 3 aromatic rings. The van der Waals surface area contributed by atoms with E-state index in [0.717, 1.165) is 11.3 Å². The van der Waals surface area contributed by atoms with Crippen LogP contribution in [0.25, 0.3) is 0 Å². The predicted molar refractivity (Wildman–Crippen MR) is 122 cm³/mol. The molecule has 1 atom stereocenters. The van der Waals surface area contributed by atoms with Gasteiger partial charge in [0.15, 0.2) is 6.17 Å². The van der Waals surface area contributed by atoms with Crippen LogP contribution in [0.15, 0.2) is 77.9 Å². The number of anilines is 1. The molecular formula is C24H17Cl2N3O. The normalized spacial score (nSPS) is 15.9. The number of rotatable bonds is 4. The maximum absolute atomic E-state index is 13.4. The Balaban J connectivity index is 1.89. The van der Waals surface area contributed by atoms with Crippen molar-refractivity contribution in [2.24, 2.45) is 5.10 Å². The first-order valence-corrected chi connectivity index (χ1v) is 10.0. The van der Waals surface area contributed by atoms with Crippen molar-refractivity contribution in [3.8, 4) is 12.3 Å². The van der Waals surface area contributed by atoms with Crippen molar-refractivity contribution in [1.29, 1.82) is 0 Å². The minimum absolute atomic E-state index is 0.243. The molecule has 1 aliphatic rings. The van der Waals surface area contributed by atoms with E-state index in [1.54, 1.807) is 24.4 Å². The SMILES string of the molecule is C#CCN1c2ccccc2C(=O)N(/N=C\c2ccccc2Cl)[C@@H]1c1ccccc1Cl. The topological polar surface area (TPSA) is 35.9 Å². The standard InChI is InChI=1S/C24H17Cl2N3O/c1-2-15-28-22-14-8-5-11-19(22)24(30)29(23(28)18-10-4-7-13-21(18)26)27-16-17-9-3-6-12-20(17)25/h1,3-14,16,23H,15H2/b27-16-/t23-/m1/s1. The van der Waals surface area contributed by atoms with Crippen LogP contribution >= 0.6 is 23.2 Å². The molecule has 0 saturated carbocycles. The highest BCUT2D eigenvalue weighted by Crippen LogP contribution is 2.40. The third-order valence-electron chi connectivity index (χ3n) is 4.85. The van der Waals surface area contributed by atoms with Gasteiger partial charge in [-0.25, -0.2) is 5.01 Å². The number of para-hydroxylation sites is 1. The molecule has 0 bridgehead atoms. The van der Waals surface area contributed by atoms with E-state index >= 15 is 0 Å². The van der Waals surface area contributed by atoms with Gasteiger partial charge in [-0.2, -0.15) is 5.10 Å². The lowest BCUT2D eigenvalue weighted by Gasteiger charge is -2.42. The predicted octanol–water partition coefficient (Wildman–Crippen LogP) is 5.62. The molecular weight excluding hydrogens is 417 g/mol. The second-order valence-electron chi connectivity index (χ2n) is 6.66. The zero-order valence-corrected chi connectivity index (χ0v) is 17.4. The van der Waals surface area contributed by atoms with Gasteiger partial charge >= 0.3 is 0 Å². The molecule has 30 heavy (non-hydrogen) atoms. The van der Waals surface area contributed by atoms with Crippen LogP contribution in [0.4, 0.5) is 5.69 Å². The summed E-state index contributed by atoms with van der Waals surface area (Å²) in [6.45, 7) is 0.276. The van der Waals surface area contributed by atoms with Crippen LogP contribution in [0.1, 0.15) is 27.7 Å². The number of halogens is 2. The lowest BCUT2D eigenvalue weighted by atomic mass is 10.0. The van der Waals surface area contributed by atoms with Crippen molar-refractivity contribution < 1.29 is 4.79 Å². The van der Waals surface area contributed by atoms with E-state index in [2.05, 4.69) is 11.0 Å². The van der Waals surface area contributed by atoms with Gasteiger partial charge in [0.2, 0.25) is 0 Å². The van der Waals surface area contributed by atoms with Gasteiger partial charge < -0.3 is 4.90 Å². The van der Waals surface area contributed by atoms with Gasteiger partial charge in [0.25, 0.3) is 5.91 Å². The fourth-order valence-electron chi connectivity index (χ4n) is 3.48. The Morgan fingerprint density at radius 3 is 2.37 bits per heavy atom. The number of hydrazone groups is 1. The van der Waals surface area contributed by atoms with Crippen LogP contribution in [0.2, 0.25) is 10.0 Å². The second kappa shape index (κ2) is 8.62. The molecule has 0 radical (unpaired) electrons. The molecule has 148 valence electrons. The Bertz CT molecular complexity index is 1170. The smallest absolute Gasteiger partial charge is 0.278 e. The largest absolute Gasteiger partial charge is 0.334 e. The minimum atomic E-state index is -0.601. The average molecular weight is 434 g/mol. The first-order chi connectivity index (χ1) is 14.6. The molecule has 1 heterocycles. The molecule has 6 heteroatoms. The molecule has 4 rings (SSSR count). The third kappa shape index (κ3) is 3.66. The van der Waals surface area contributed by atoms with E-state index in [4.69, 9.17) is 29.6 Å². The summed E-state index contributed by atoms with van der Waals surface area (Å²) in [6, 6.07) is 22.0. The van der Waals surface area contributed by atoms with Gasteiger partial charge in [0, 0.05) is 21.2 Å². The summed E-state index contributed by atoms with van der Waals surface area (Å²) >= 11 is 12.8. The minimum Gasteiger partial charge on any atom is -0.334 e. The van der Waals surface area contributed by atoms with Gasteiger partial charge in [0.05, 0.1) is 24.0 Å². The first kappa shape index (κ1) is 20.0. The molecule has 0 unspecified atom stereocenters. The fourth-order valence-corrected chi connectivity index (χ4v) is 3.89. The van der Waals surface area contributed by atoms with Crippen molar-refractivity contribution in [3.05, 3.63) is 99.5 Å². The van der Waals surface area contributed by atoms with E-state index in [1.807, 2.05) is 59.5 Å². The van der Waals surface area contributed by atoms with E-state index < -0.39 is 6.17 Å². The van der Waals surface area contributed by atoms with Crippen molar-refractivity contribution in [2.45, 2.75) is 6.17 Å². The lowest BCUT2D eigenvalue weighted by molar-refractivity contribution is 0.0660. The summed E-state index contributed by atoms with van der Waals surface area (Å²) in [5.74, 6) is 2.44. The number of hydrogen-bond acceptors (Lipinski definition) is 3. The number of nitrogens with zero attached hydrogens (tertiary/aromatic N) is 3. The highest BCUT2D eigenvalue weighted by Gasteiger charge is 2.39. The van der Waals surface area contributed by atoms with Crippen LogP contribution in [0.5, 0.6) is 0 Å². The monoisotopic (exact) mass is 433 g/mol. The third-order valence-corrected chi connectivity index (χ3v) is 5.54. The number of fused-ring (bicyclic) bond motifs is 1. The fraction of sp³-hybridized carbons (Fsp3) is 0.0833. The Kier molecular flexibility index (Phi) is 5.76. The van der Waals surface area contributed by atoms with Crippen LogP contribution in [-0.2, 0) is 0 Å². The summed E-state index contributed by atoms with van der Waals surface area (Å²) in [6.07, 6.45) is 6.65. The van der Waals surface area contributed by atoms with E-state index in [9.17, 15) is 4.79 Å². The number of terminal acetylenes is 1. The Morgan fingerprint density at radius 2 is 1.63 bits per heavy atom. The van der Waals surface area contributed by atoms with E-state index in [0.29, 0.717) is 21.2 Å². The molecule has 1 amide bonds. The van der Waals surface area contributed by atoms with Gasteiger partial charge in [-0.15, -0.1) is 6.42 Å². The summed E-state index contributed by atoms with van der Waals surface area (Å²) in [7, 11) is 0. The Hall–Kier alpha value is -3.26. The first-order valence-electron chi connectivity index (χ1n) is 9.27.